The average Bonchev–Trinajstić information content (AvgIpc) is 3.17. The first-order chi connectivity index (χ1) is 15.6. The number of carbonyl (C=O) groups excluding carboxylic acids is 2. The van der Waals surface area contributed by atoms with E-state index in [0.717, 1.165) is 42.4 Å². The predicted octanol–water partition coefficient (Wildman–Crippen LogP) is 6.21. The summed E-state index contributed by atoms with van der Waals surface area (Å²) in [6, 6.07) is 19.5. The molecular weight excluding hydrogens is 418 g/mol. The van der Waals surface area contributed by atoms with Gasteiger partial charge in [0.05, 0.1) is 18.1 Å². The van der Waals surface area contributed by atoms with Crippen LogP contribution in [-0.2, 0) is 22.4 Å². The van der Waals surface area contributed by atoms with Crippen molar-refractivity contribution in [2.45, 2.75) is 45.4 Å². The number of thiophene rings is 1. The van der Waals surface area contributed by atoms with Crippen LogP contribution >= 0.6 is 11.3 Å². The molecule has 4 nitrogen and oxygen atoms in total. The van der Waals surface area contributed by atoms with E-state index in [9.17, 15) is 9.59 Å². The molecule has 0 radical (unpaired) electrons. The Kier molecular flexibility index (Phi) is 7.05. The minimum absolute atomic E-state index is 0.140. The topological polar surface area (TPSA) is 55.4 Å². The lowest BCUT2D eigenvalue weighted by atomic mass is 9.85. The molecule has 166 valence electrons. The highest BCUT2D eigenvalue weighted by Crippen LogP contribution is 2.41. The third kappa shape index (κ3) is 4.63. The number of carbonyl (C=O) groups is 2. The van der Waals surface area contributed by atoms with Crippen molar-refractivity contribution >= 4 is 28.2 Å². The Labute approximate surface area is 193 Å². The third-order valence-electron chi connectivity index (χ3n) is 6.19. The molecule has 0 fully saturated rings. The van der Waals surface area contributed by atoms with Gasteiger partial charge in [-0.1, -0.05) is 74.0 Å². The lowest BCUT2D eigenvalue weighted by Crippen LogP contribution is -2.23. The van der Waals surface area contributed by atoms with Crippen LogP contribution in [0, 0.1) is 5.92 Å². The zero-order chi connectivity index (χ0) is 22.5. The molecule has 0 spiro atoms. The van der Waals surface area contributed by atoms with Gasteiger partial charge in [-0.15, -0.1) is 11.3 Å². The number of anilines is 1. The van der Waals surface area contributed by atoms with Gasteiger partial charge >= 0.3 is 5.97 Å². The Morgan fingerprint density at radius 2 is 1.66 bits per heavy atom. The van der Waals surface area contributed by atoms with Crippen LogP contribution < -0.4 is 5.32 Å². The Balaban J connectivity index is 1.71. The molecule has 1 atom stereocenters. The minimum Gasteiger partial charge on any atom is -0.462 e. The van der Waals surface area contributed by atoms with Gasteiger partial charge in [0, 0.05) is 4.88 Å². The molecule has 2 aromatic carbocycles. The van der Waals surface area contributed by atoms with Crippen molar-refractivity contribution < 1.29 is 14.3 Å². The van der Waals surface area contributed by atoms with E-state index in [1.807, 2.05) is 67.6 Å². The van der Waals surface area contributed by atoms with Crippen molar-refractivity contribution in [1.29, 1.82) is 0 Å². The summed E-state index contributed by atoms with van der Waals surface area (Å²) in [5, 5.41) is 3.73. The maximum Gasteiger partial charge on any atom is 0.341 e. The monoisotopic (exact) mass is 447 g/mol. The summed E-state index contributed by atoms with van der Waals surface area (Å²) in [5.74, 6) is -0.319. The molecule has 5 heteroatoms. The van der Waals surface area contributed by atoms with E-state index in [0.29, 0.717) is 23.1 Å². The molecule has 1 aliphatic carbocycles. The molecule has 1 N–H and O–H groups in total. The van der Waals surface area contributed by atoms with Gasteiger partial charge < -0.3 is 10.1 Å². The van der Waals surface area contributed by atoms with Gasteiger partial charge in [0.1, 0.15) is 5.00 Å². The SMILES string of the molecule is CCOC(=O)c1c(NC(=O)C(c2ccccc2)c2ccccc2)sc2c1CCC(CC)C2. The second-order valence-electron chi connectivity index (χ2n) is 8.19. The summed E-state index contributed by atoms with van der Waals surface area (Å²) in [4.78, 5) is 27.7. The average molecular weight is 448 g/mol. The highest BCUT2D eigenvalue weighted by Gasteiger charge is 2.31. The van der Waals surface area contributed by atoms with Crippen LogP contribution in [0.5, 0.6) is 0 Å². The van der Waals surface area contributed by atoms with E-state index in [1.54, 1.807) is 0 Å². The zero-order valence-corrected chi connectivity index (χ0v) is 19.4. The van der Waals surface area contributed by atoms with Crippen molar-refractivity contribution in [3.05, 3.63) is 87.8 Å². The minimum atomic E-state index is -0.463. The standard InChI is InChI=1S/C27H29NO3S/c1-3-18-15-16-21-22(17-18)32-26(24(21)27(30)31-4-2)28-25(29)23(19-11-7-5-8-12-19)20-13-9-6-10-14-20/h5-14,18,23H,3-4,15-17H2,1-2H3,(H,28,29). The fourth-order valence-corrected chi connectivity index (χ4v) is 5.83. The van der Waals surface area contributed by atoms with Crippen LogP contribution in [0.25, 0.3) is 0 Å². The highest BCUT2D eigenvalue weighted by atomic mass is 32.1. The number of rotatable bonds is 7. The Bertz CT molecular complexity index is 1040. The Morgan fingerprint density at radius 3 is 2.22 bits per heavy atom. The molecule has 32 heavy (non-hydrogen) atoms. The van der Waals surface area contributed by atoms with E-state index in [1.165, 1.54) is 16.2 Å². The van der Waals surface area contributed by atoms with Gasteiger partial charge in [-0.3, -0.25) is 4.79 Å². The molecule has 1 amide bonds. The maximum atomic E-state index is 13.6. The molecule has 1 unspecified atom stereocenters. The molecule has 3 aromatic rings. The summed E-state index contributed by atoms with van der Waals surface area (Å²) in [6.45, 7) is 4.33. The molecular formula is C27H29NO3S. The quantitative estimate of drug-likeness (QED) is 0.438. The van der Waals surface area contributed by atoms with Gasteiger partial charge in [-0.25, -0.2) is 4.79 Å². The normalized spacial score (nSPS) is 15.3. The number of hydrogen-bond donors (Lipinski definition) is 1. The number of ether oxygens (including phenoxy) is 1. The van der Waals surface area contributed by atoms with Crippen LogP contribution in [0.4, 0.5) is 5.00 Å². The second-order valence-corrected chi connectivity index (χ2v) is 9.29. The molecule has 1 heterocycles. The van der Waals surface area contributed by atoms with Crippen LogP contribution in [0.3, 0.4) is 0 Å². The van der Waals surface area contributed by atoms with Gasteiger partial charge in [-0.2, -0.15) is 0 Å². The fourth-order valence-electron chi connectivity index (χ4n) is 4.48. The van der Waals surface area contributed by atoms with E-state index in [2.05, 4.69) is 12.2 Å². The highest BCUT2D eigenvalue weighted by molar-refractivity contribution is 7.17. The van der Waals surface area contributed by atoms with Crippen LogP contribution in [0.1, 0.15) is 64.5 Å². The molecule has 1 aromatic heterocycles. The predicted molar refractivity (Wildman–Crippen MR) is 129 cm³/mol. The number of nitrogens with one attached hydrogen (secondary N) is 1. The molecule has 1 aliphatic rings. The number of hydrogen-bond acceptors (Lipinski definition) is 4. The summed E-state index contributed by atoms with van der Waals surface area (Å²) in [6.07, 6.45) is 4.00. The largest absolute Gasteiger partial charge is 0.462 e. The summed E-state index contributed by atoms with van der Waals surface area (Å²) in [5.41, 5.74) is 3.45. The fraction of sp³-hybridized carbons (Fsp3) is 0.333. The smallest absolute Gasteiger partial charge is 0.341 e. The van der Waals surface area contributed by atoms with E-state index >= 15 is 0 Å². The maximum absolute atomic E-state index is 13.6. The van der Waals surface area contributed by atoms with Crippen LogP contribution in [0.15, 0.2) is 60.7 Å². The number of amides is 1. The van der Waals surface area contributed by atoms with Crippen molar-refractivity contribution in [2.24, 2.45) is 5.92 Å². The summed E-state index contributed by atoms with van der Waals surface area (Å²) in [7, 11) is 0. The number of benzene rings is 2. The first kappa shape index (κ1) is 22.3. The second kappa shape index (κ2) is 10.1. The zero-order valence-electron chi connectivity index (χ0n) is 18.6. The van der Waals surface area contributed by atoms with Crippen molar-refractivity contribution in [3.63, 3.8) is 0 Å². The van der Waals surface area contributed by atoms with E-state index in [4.69, 9.17) is 4.74 Å². The Morgan fingerprint density at radius 1 is 1.03 bits per heavy atom. The first-order valence-corrected chi connectivity index (χ1v) is 12.2. The van der Waals surface area contributed by atoms with Crippen LogP contribution in [0.2, 0.25) is 0 Å². The summed E-state index contributed by atoms with van der Waals surface area (Å²) < 4.78 is 5.37. The van der Waals surface area contributed by atoms with E-state index < -0.39 is 5.92 Å². The van der Waals surface area contributed by atoms with Crippen molar-refractivity contribution in [1.82, 2.24) is 0 Å². The molecule has 0 aliphatic heterocycles. The van der Waals surface area contributed by atoms with Gasteiger partial charge in [0.25, 0.3) is 0 Å². The number of fused-ring (bicyclic) bond motifs is 1. The van der Waals surface area contributed by atoms with Crippen LogP contribution in [-0.4, -0.2) is 18.5 Å². The lowest BCUT2D eigenvalue weighted by molar-refractivity contribution is -0.116. The lowest BCUT2D eigenvalue weighted by Gasteiger charge is -2.21. The van der Waals surface area contributed by atoms with Gasteiger partial charge in [0.2, 0.25) is 5.91 Å². The molecule has 0 saturated heterocycles. The Hall–Kier alpha value is -2.92. The molecule has 0 saturated carbocycles. The van der Waals surface area contributed by atoms with Crippen molar-refractivity contribution in [2.75, 3.05) is 11.9 Å². The van der Waals surface area contributed by atoms with Crippen molar-refractivity contribution in [3.8, 4) is 0 Å². The first-order valence-electron chi connectivity index (χ1n) is 11.3. The van der Waals surface area contributed by atoms with Gasteiger partial charge in [0.15, 0.2) is 0 Å². The third-order valence-corrected chi connectivity index (χ3v) is 7.36. The molecule has 0 bridgehead atoms. The molecule has 4 rings (SSSR count). The van der Waals surface area contributed by atoms with Gasteiger partial charge in [-0.05, 0) is 48.8 Å². The number of esters is 1. The summed E-state index contributed by atoms with van der Waals surface area (Å²) >= 11 is 1.54. The van der Waals surface area contributed by atoms with E-state index in [-0.39, 0.29) is 11.9 Å².